The van der Waals surface area contributed by atoms with Crippen molar-refractivity contribution in [2.45, 2.75) is 57.3 Å². The van der Waals surface area contributed by atoms with Crippen molar-refractivity contribution in [3.63, 3.8) is 0 Å². The van der Waals surface area contributed by atoms with Crippen LogP contribution in [0.25, 0.3) is 0 Å². The van der Waals surface area contributed by atoms with Crippen molar-refractivity contribution in [1.29, 1.82) is 0 Å². The molecule has 4 rings (SSSR count). The van der Waals surface area contributed by atoms with Crippen LogP contribution in [-0.2, 0) is 9.59 Å². The SMILES string of the molecule is O=C1CC2(CCCC2)CC(=O)N1CCCCNCC1COc2cnccc21. The zero-order chi connectivity index (χ0) is 18.7. The fraction of sp³-hybridized carbons (Fsp3) is 0.667. The highest BCUT2D eigenvalue weighted by Gasteiger charge is 2.44. The Balaban J connectivity index is 1.15. The second-order valence-corrected chi connectivity index (χ2v) is 8.33. The first-order valence-electron chi connectivity index (χ1n) is 10.3. The number of amides is 2. The Morgan fingerprint density at radius 2 is 1.96 bits per heavy atom. The minimum Gasteiger partial charge on any atom is -0.491 e. The van der Waals surface area contributed by atoms with Gasteiger partial charge in [0.2, 0.25) is 11.8 Å². The van der Waals surface area contributed by atoms with Gasteiger partial charge in [-0.2, -0.15) is 0 Å². The first-order chi connectivity index (χ1) is 13.2. The number of piperidine rings is 1. The molecule has 1 spiro atoms. The van der Waals surface area contributed by atoms with Crippen molar-refractivity contribution in [3.05, 3.63) is 24.0 Å². The van der Waals surface area contributed by atoms with Gasteiger partial charge in [-0.25, -0.2) is 0 Å². The Labute approximate surface area is 160 Å². The molecule has 0 bridgehead atoms. The van der Waals surface area contributed by atoms with Gasteiger partial charge in [0.15, 0.2) is 0 Å². The zero-order valence-electron chi connectivity index (χ0n) is 15.9. The number of unbranched alkanes of at least 4 members (excludes halogenated alkanes) is 1. The second-order valence-electron chi connectivity index (χ2n) is 8.33. The number of hydrogen-bond acceptors (Lipinski definition) is 5. The van der Waals surface area contributed by atoms with Crippen molar-refractivity contribution in [1.82, 2.24) is 15.2 Å². The van der Waals surface area contributed by atoms with Gasteiger partial charge in [-0.15, -0.1) is 0 Å². The van der Waals surface area contributed by atoms with Gasteiger partial charge >= 0.3 is 0 Å². The first kappa shape index (κ1) is 18.4. The first-order valence-corrected chi connectivity index (χ1v) is 10.3. The van der Waals surface area contributed by atoms with E-state index in [0.29, 0.717) is 31.9 Å². The van der Waals surface area contributed by atoms with Crippen LogP contribution in [0.3, 0.4) is 0 Å². The van der Waals surface area contributed by atoms with E-state index in [2.05, 4.69) is 10.3 Å². The lowest BCUT2D eigenvalue weighted by molar-refractivity contribution is -0.153. The number of nitrogens with one attached hydrogen (secondary N) is 1. The molecule has 3 aliphatic rings. The number of fused-ring (bicyclic) bond motifs is 1. The van der Waals surface area contributed by atoms with Gasteiger partial charge in [-0.1, -0.05) is 12.8 Å². The van der Waals surface area contributed by atoms with Crippen LogP contribution in [0.4, 0.5) is 0 Å². The lowest BCUT2D eigenvalue weighted by atomic mass is 9.76. The summed E-state index contributed by atoms with van der Waals surface area (Å²) in [6.07, 6.45) is 11.0. The Kier molecular flexibility index (Phi) is 5.43. The lowest BCUT2D eigenvalue weighted by Gasteiger charge is -2.37. The summed E-state index contributed by atoms with van der Waals surface area (Å²) < 4.78 is 5.65. The maximum atomic E-state index is 12.4. The van der Waals surface area contributed by atoms with Crippen molar-refractivity contribution in [2.75, 3.05) is 26.2 Å². The molecule has 1 saturated heterocycles. The Morgan fingerprint density at radius 3 is 2.74 bits per heavy atom. The van der Waals surface area contributed by atoms with Crippen LogP contribution in [0.5, 0.6) is 5.75 Å². The third kappa shape index (κ3) is 4.00. The van der Waals surface area contributed by atoms with E-state index >= 15 is 0 Å². The predicted octanol–water partition coefficient (Wildman–Crippen LogP) is 2.64. The number of likely N-dealkylation sites (tertiary alicyclic amines) is 1. The molecule has 146 valence electrons. The summed E-state index contributed by atoms with van der Waals surface area (Å²) in [4.78, 5) is 30.5. The summed E-state index contributed by atoms with van der Waals surface area (Å²) >= 11 is 0. The molecule has 6 nitrogen and oxygen atoms in total. The summed E-state index contributed by atoms with van der Waals surface area (Å²) in [5.41, 5.74) is 1.23. The molecule has 27 heavy (non-hydrogen) atoms. The zero-order valence-corrected chi connectivity index (χ0v) is 15.9. The molecule has 6 heteroatoms. The van der Waals surface area contributed by atoms with E-state index < -0.39 is 0 Å². The highest BCUT2D eigenvalue weighted by Crippen LogP contribution is 2.46. The number of imide groups is 1. The van der Waals surface area contributed by atoms with E-state index in [-0.39, 0.29) is 17.2 Å². The highest BCUT2D eigenvalue weighted by molar-refractivity contribution is 5.98. The molecular formula is C21H29N3O3. The smallest absolute Gasteiger partial charge is 0.229 e. The van der Waals surface area contributed by atoms with E-state index in [0.717, 1.165) is 44.5 Å². The maximum Gasteiger partial charge on any atom is 0.229 e. The molecule has 1 saturated carbocycles. The van der Waals surface area contributed by atoms with Gasteiger partial charge in [0, 0.05) is 43.6 Å². The number of pyridine rings is 1. The minimum atomic E-state index is 0.00138. The number of carbonyl (C=O) groups is 2. The molecule has 1 N–H and O–H groups in total. The normalized spacial score (nSPS) is 23.7. The Bertz CT molecular complexity index is 680. The number of rotatable bonds is 7. The van der Waals surface area contributed by atoms with E-state index in [9.17, 15) is 9.59 Å². The van der Waals surface area contributed by atoms with Crippen LogP contribution in [0.2, 0.25) is 0 Å². The topological polar surface area (TPSA) is 71.5 Å². The maximum absolute atomic E-state index is 12.4. The largest absolute Gasteiger partial charge is 0.491 e. The number of aromatic nitrogens is 1. The molecule has 1 unspecified atom stereocenters. The standard InChI is InChI=1S/C21H29N3O3/c25-19-11-21(6-1-2-7-21)12-20(26)24(19)10-4-3-8-22-13-16-15-27-18-14-23-9-5-17(16)18/h5,9,14,16,22H,1-4,6-8,10-13,15H2. The molecule has 3 heterocycles. The lowest BCUT2D eigenvalue weighted by Crippen LogP contribution is -2.47. The van der Waals surface area contributed by atoms with Crippen LogP contribution < -0.4 is 10.1 Å². The highest BCUT2D eigenvalue weighted by atomic mass is 16.5. The summed E-state index contributed by atoms with van der Waals surface area (Å²) in [5, 5.41) is 3.48. The van der Waals surface area contributed by atoms with Crippen molar-refractivity contribution in [3.8, 4) is 5.75 Å². The molecule has 0 radical (unpaired) electrons. The summed E-state index contributed by atoms with van der Waals surface area (Å²) in [6.45, 7) is 3.03. The monoisotopic (exact) mass is 371 g/mol. The molecule has 2 aliphatic heterocycles. The number of hydrogen-bond donors (Lipinski definition) is 1. The van der Waals surface area contributed by atoms with Gasteiger partial charge in [0.1, 0.15) is 5.75 Å². The van der Waals surface area contributed by atoms with Crippen LogP contribution in [0.15, 0.2) is 18.5 Å². The van der Waals surface area contributed by atoms with Crippen LogP contribution in [0.1, 0.15) is 62.8 Å². The fourth-order valence-corrected chi connectivity index (χ4v) is 4.86. The summed E-state index contributed by atoms with van der Waals surface area (Å²) in [7, 11) is 0. The minimum absolute atomic E-state index is 0.00138. The third-order valence-electron chi connectivity index (χ3n) is 6.39. The van der Waals surface area contributed by atoms with Crippen LogP contribution >= 0.6 is 0 Å². The summed E-state index contributed by atoms with van der Waals surface area (Å²) in [5.74, 6) is 1.37. The third-order valence-corrected chi connectivity index (χ3v) is 6.39. The van der Waals surface area contributed by atoms with E-state index in [1.165, 1.54) is 23.3 Å². The number of carbonyl (C=O) groups excluding carboxylic acids is 2. The molecule has 2 amide bonds. The van der Waals surface area contributed by atoms with Crippen LogP contribution in [-0.4, -0.2) is 47.9 Å². The number of ether oxygens (including phenoxy) is 1. The van der Waals surface area contributed by atoms with Gasteiger partial charge in [-0.05, 0) is 43.7 Å². The molecule has 0 aromatic carbocycles. The molecule has 1 aliphatic carbocycles. The van der Waals surface area contributed by atoms with E-state index in [4.69, 9.17) is 4.74 Å². The molecule has 1 atom stereocenters. The molecule has 1 aromatic heterocycles. The van der Waals surface area contributed by atoms with Crippen molar-refractivity contribution in [2.24, 2.45) is 5.41 Å². The quantitative estimate of drug-likeness (QED) is 0.589. The van der Waals surface area contributed by atoms with Gasteiger partial charge in [0.05, 0.1) is 12.8 Å². The van der Waals surface area contributed by atoms with Crippen molar-refractivity contribution >= 4 is 11.8 Å². The van der Waals surface area contributed by atoms with Gasteiger partial charge in [0.25, 0.3) is 0 Å². The molecule has 2 fully saturated rings. The Hall–Kier alpha value is -1.95. The average Bonchev–Trinajstić information content (AvgIpc) is 3.27. The molecular weight excluding hydrogens is 342 g/mol. The second kappa shape index (κ2) is 7.97. The number of nitrogens with zero attached hydrogens (tertiary/aromatic N) is 2. The van der Waals surface area contributed by atoms with Gasteiger partial charge in [-0.3, -0.25) is 19.5 Å². The summed E-state index contributed by atoms with van der Waals surface area (Å²) in [6, 6.07) is 2.03. The van der Waals surface area contributed by atoms with E-state index in [1.807, 2.05) is 12.3 Å². The fourth-order valence-electron chi connectivity index (χ4n) is 4.86. The molecule has 1 aromatic rings. The van der Waals surface area contributed by atoms with Crippen LogP contribution in [0, 0.1) is 5.41 Å². The Morgan fingerprint density at radius 1 is 1.19 bits per heavy atom. The predicted molar refractivity (Wildman–Crippen MR) is 101 cm³/mol. The van der Waals surface area contributed by atoms with E-state index in [1.54, 1.807) is 6.20 Å². The van der Waals surface area contributed by atoms with Gasteiger partial charge < -0.3 is 10.1 Å². The van der Waals surface area contributed by atoms with Crippen molar-refractivity contribution < 1.29 is 14.3 Å². The average molecular weight is 371 g/mol.